The number of aliphatic hydroxyl groups is 1. The number of benzene rings is 1. The lowest BCUT2D eigenvalue weighted by atomic mass is 10.1. The second-order valence-corrected chi connectivity index (χ2v) is 4.34. The summed E-state index contributed by atoms with van der Waals surface area (Å²) in [5, 5.41) is 9.72. The van der Waals surface area contributed by atoms with Crippen LogP contribution >= 0.6 is 15.9 Å². The highest BCUT2D eigenvalue weighted by Crippen LogP contribution is 2.24. The number of halogens is 1. The molecule has 4 nitrogen and oxygen atoms in total. The van der Waals surface area contributed by atoms with Crippen molar-refractivity contribution in [3.63, 3.8) is 0 Å². The van der Waals surface area contributed by atoms with Gasteiger partial charge in [0.1, 0.15) is 12.4 Å². The third kappa shape index (κ3) is 3.21. The Morgan fingerprint density at radius 3 is 2.69 bits per heavy atom. The summed E-state index contributed by atoms with van der Waals surface area (Å²) < 4.78 is 10.5. The molecule has 0 saturated carbocycles. The van der Waals surface area contributed by atoms with Crippen LogP contribution in [0.5, 0.6) is 5.75 Å². The average Bonchev–Trinajstić information content (AvgIpc) is 2.27. The standard InChI is InChI=1S/C11H13BrO4/c1-11(14,10(13)15-2)7-16-9-6-4-3-5-8(9)12/h3-6,14H,7H2,1-2H3. The Balaban J connectivity index is 2.65. The Kier molecular flexibility index (Phi) is 4.32. The van der Waals surface area contributed by atoms with Crippen molar-refractivity contribution in [3.05, 3.63) is 28.7 Å². The average molecular weight is 289 g/mol. The molecule has 5 heteroatoms. The summed E-state index contributed by atoms with van der Waals surface area (Å²) in [5.41, 5.74) is -1.65. The van der Waals surface area contributed by atoms with Crippen LogP contribution in [0.25, 0.3) is 0 Å². The summed E-state index contributed by atoms with van der Waals surface area (Å²) in [6.45, 7) is 1.18. The molecule has 1 aromatic carbocycles. The molecule has 0 aliphatic carbocycles. The van der Waals surface area contributed by atoms with Gasteiger partial charge in [-0.25, -0.2) is 4.79 Å². The third-order valence-corrected chi connectivity index (χ3v) is 2.63. The van der Waals surface area contributed by atoms with E-state index < -0.39 is 11.6 Å². The molecule has 0 amide bonds. The zero-order chi connectivity index (χ0) is 12.2. The van der Waals surface area contributed by atoms with Crippen molar-refractivity contribution < 1.29 is 19.4 Å². The van der Waals surface area contributed by atoms with Crippen LogP contribution in [-0.2, 0) is 9.53 Å². The van der Waals surface area contributed by atoms with Gasteiger partial charge in [0.25, 0.3) is 0 Å². The van der Waals surface area contributed by atoms with E-state index in [1.54, 1.807) is 12.1 Å². The molecule has 1 unspecified atom stereocenters. The number of hydrogen-bond acceptors (Lipinski definition) is 4. The summed E-state index contributed by atoms with van der Waals surface area (Å²) in [5.74, 6) is -0.161. The number of ether oxygens (including phenoxy) is 2. The van der Waals surface area contributed by atoms with Crippen LogP contribution in [0.1, 0.15) is 6.92 Å². The van der Waals surface area contributed by atoms with Crippen LogP contribution in [0.3, 0.4) is 0 Å². The summed E-state index contributed by atoms with van der Waals surface area (Å²) in [7, 11) is 1.22. The highest BCUT2D eigenvalue weighted by molar-refractivity contribution is 9.10. The summed E-state index contributed by atoms with van der Waals surface area (Å²) in [6, 6.07) is 7.18. The van der Waals surface area contributed by atoms with E-state index >= 15 is 0 Å². The number of rotatable bonds is 4. The number of esters is 1. The zero-order valence-electron chi connectivity index (χ0n) is 9.07. The molecule has 0 aliphatic rings. The Bertz CT molecular complexity index is 376. The zero-order valence-corrected chi connectivity index (χ0v) is 10.7. The Morgan fingerprint density at radius 1 is 1.50 bits per heavy atom. The first-order chi connectivity index (χ1) is 7.47. The Hall–Kier alpha value is -1.07. The SMILES string of the molecule is COC(=O)C(C)(O)COc1ccccc1Br. The third-order valence-electron chi connectivity index (χ3n) is 1.97. The van der Waals surface area contributed by atoms with Crippen molar-refractivity contribution in [2.75, 3.05) is 13.7 Å². The molecule has 1 aromatic rings. The first-order valence-electron chi connectivity index (χ1n) is 4.65. The first-order valence-corrected chi connectivity index (χ1v) is 5.45. The van der Waals surface area contributed by atoms with Crippen LogP contribution in [-0.4, -0.2) is 30.4 Å². The summed E-state index contributed by atoms with van der Waals surface area (Å²) in [4.78, 5) is 11.2. The van der Waals surface area contributed by atoms with Gasteiger partial charge in [0, 0.05) is 0 Å². The molecule has 88 valence electrons. The molecule has 0 aliphatic heterocycles. The quantitative estimate of drug-likeness (QED) is 0.858. The van der Waals surface area contributed by atoms with Gasteiger partial charge in [0.2, 0.25) is 0 Å². The topological polar surface area (TPSA) is 55.8 Å². The second kappa shape index (κ2) is 5.32. The molecule has 0 heterocycles. The molecule has 0 fully saturated rings. The maximum Gasteiger partial charge on any atom is 0.341 e. The molecule has 0 saturated heterocycles. The smallest absolute Gasteiger partial charge is 0.341 e. The van der Waals surface area contributed by atoms with Gasteiger partial charge < -0.3 is 14.6 Å². The molecule has 0 aromatic heterocycles. The van der Waals surface area contributed by atoms with Gasteiger partial charge in [0.05, 0.1) is 11.6 Å². The van der Waals surface area contributed by atoms with Crippen molar-refractivity contribution in [1.82, 2.24) is 0 Å². The van der Waals surface area contributed by atoms with E-state index in [0.717, 1.165) is 4.47 Å². The highest BCUT2D eigenvalue weighted by atomic mass is 79.9. The monoisotopic (exact) mass is 288 g/mol. The molecular formula is C11H13BrO4. The molecule has 0 spiro atoms. The summed E-state index contributed by atoms with van der Waals surface area (Å²) >= 11 is 3.30. The van der Waals surface area contributed by atoms with Gasteiger partial charge >= 0.3 is 5.97 Å². The predicted molar refractivity (Wildman–Crippen MR) is 62.3 cm³/mol. The first kappa shape index (κ1) is 13.0. The van der Waals surface area contributed by atoms with Crippen LogP contribution in [0.15, 0.2) is 28.7 Å². The number of methoxy groups -OCH3 is 1. The van der Waals surface area contributed by atoms with Crippen molar-refractivity contribution in [1.29, 1.82) is 0 Å². The predicted octanol–water partition coefficient (Wildman–Crippen LogP) is 1.75. The van der Waals surface area contributed by atoms with Crippen LogP contribution in [0, 0.1) is 0 Å². The van der Waals surface area contributed by atoms with E-state index in [2.05, 4.69) is 20.7 Å². The van der Waals surface area contributed by atoms with Crippen LogP contribution in [0.2, 0.25) is 0 Å². The Labute approximate surface area is 102 Å². The maximum absolute atomic E-state index is 11.2. The van der Waals surface area contributed by atoms with E-state index in [-0.39, 0.29) is 6.61 Å². The van der Waals surface area contributed by atoms with Crippen molar-refractivity contribution in [2.24, 2.45) is 0 Å². The van der Waals surface area contributed by atoms with Crippen LogP contribution < -0.4 is 4.74 Å². The fraction of sp³-hybridized carbons (Fsp3) is 0.364. The molecule has 1 rings (SSSR count). The fourth-order valence-corrected chi connectivity index (χ4v) is 1.46. The molecular weight excluding hydrogens is 276 g/mol. The lowest BCUT2D eigenvalue weighted by Gasteiger charge is -2.20. The second-order valence-electron chi connectivity index (χ2n) is 3.48. The van der Waals surface area contributed by atoms with E-state index in [1.807, 2.05) is 12.1 Å². The Morgan fingerprint density at radius 2 is 2.12 bits per heavy atom. The molecule has 1 N–H and O–H groups in total. The minimum atomic E-state index is -1.65. The van der Waals surface area contributed by atoms with Crippen LogP contribution in [0.4, 0.5) is 0 Å². The highest BCUT2D eigenvalue weighted by Gasteiger charge is 2.32. The number of carbonyl (C=O) groups is 1. The van der Waals surface area contributed by atoms with Gasteiger partial charge in [-0.15, -0.1) is 0 Å². The van der Waals surface area contributed by atoms with E-state index in [0.29, 0.717) is 5.75 Å². The van der Waals surface area contributed by atoms with E-state index in [9.17, 15) is 9.90 Å². The minimum Gasteiger partial charge on any atom is -0.489 e. The van der Waals surface area contributed by atoms with E-state index in [4.69, 9.17) is 4.74 Å². The number of para-hydroxylation sites is 1. The van der Waals surface area contributed by atoms with E-state index in [1.165, 1.54) is 14.0 Å². The van der Waals surface area contributed by atoms with Crippen molar-refractivity contribution >= 4 is 21.9 Å². The van der Waals surface area contributed by atoms with Gasteiger partial charge in [-0.05, 0) is 35.0 Å². The molecule has 16 heavy (non-hydrogen) atoms. The lowest BCUT2D eigenvalue weighted by molar-refractivity contribution is -0.163. The number of carbonyl (C=O) groups excluding carboxylic acids is 1. The normalized spacial score (nSPS) is 14.0. The van der Waals surface area contributed by atoms with Gasteiger partial charge in [0.15, 0.2) is 5.60 Å². The van der Waals surface area contributed by atoms with Gasteiger partial charge in [-0.3, -0.25) is 0 Å². The van der Waals surface area contributed by atoms with Crippen molar-refractivity contribution in [2.45, 2.75) is 12.5 Å². The van der Waals surface area contributed by atoms with Gasteiger partial charge in [-0.2, -0.15) is 0 Å². The lowest BCUT2D eigenvalue weighted by Crippen LogP contribution is -2.42. The van der Waals surface area contributed by atoms with Crippen molar-refractivity contribution in [3.8, 4) is 5.75 Å². The largest absolute Gasteiger partial charge is 0.489 e. The van der Waals surface area contributed by atoms with Gasteiger partial charge in [-0.1, -0.05) is 12.1 Å². The summed E-state index contributed by atoms with van der Waals surface area (Å²) in [6.07, 6.45) is 0. The molecule has 1 atom stereocenters. The fourth-order valence-electron chi connectivity index (χ4n) is 1.06. The molecule has 0 radical (unpaired) electrons. The maximum atomic E-state index is 11.2. The molecule has 0 bridgehead atoms. The minimum absolute atomic E-state index is 0.164. The number of hydrogen-bond donors (Lipinski definition) is 1.